The fourth-order valence-electron chi connectivity index (χ4n) is 2.88. The van der Waals surface area contributed by atoms with Gasteiger partial charge in [-0.2, -0.15) is 0 Å². The second kappa shape index (κ2) is 9.74. The van der Waals surface area contributed by atoms with E-state index < -0.39 is 13.2 Å². The summed E-state index contributed by atoms with van der Waals surface area (Å²) in [6.07, 6.45) is 0.622. The van der Waals surface area contributed by atoms with E-state index >= 15 is 0 Å². The zero-order valence-corrected chi connectivity index (χ0v) is 16.1. The molecule has 3 rings (SSSR count). The summed E-state index contributed by atoms with van der Waals surface area (Å²) in [5, 5.41) is 11.1. The van der Waals surface area contributed by atoms with Gasteiger partial charge in [0, 0.05) is 18.6 Å². The Hall–Kier alpha value is -3.61. The molecule has 5 nitrogen and oxygen atoms in total. The second-order valence-corrected chi connectivity index (χ2v) is 6.11. The van der Waals surface area contributed by atoms with E-state index in [-0.39, 0.29) is 0 Å². The Kier molecular flexibility index (Phi) is 7.36. The maximum atomic E-state index is 11.7. The van der Waals surface area contributed by atoms with Gasteiger partial charge >= 0.3 is 18.9 Å². The number of halogens is 4. The van der Waals surface area contributed by atoms with E-state index in [9.17, 15) is 22.1 Å². The molecule has 0 unspecified atom stereocenters. The molecule has 30 heavy (non-hydrogen) atoms. The topological polar surface area (TPSA) is 63.7 Å². The number of diazo groups is 1. The van der Waals surface area contributed by atoms with Crippen LogP contribution in [-0.4, -0.2) is 27.4 Å². The van der Waals surface area contributed by atoms with Crippen LogP contribution in [-0.2, 0) is 11.2 Å². The summed E-state index contributed by atoms with van der Waals surface area (Å²) >= 11 is 0. The number of nitrogens with zero attached hydrogens (tertiary/aromatic N) is 2. The molecule has 0 heterocycles. The SMILES string of the molecule is COC(=O)c1ccc(Cc2cccc3ccc([N+]#N)cc23)c(OC)c1.F[B-](F)(F)F. The molecule has 0 spiro atoms. The first kappa shape index (κ1) is 22.7. The average molecular weight is 420 g/mol. The number of carbonyl (C=O) groups is 1. The van der Waals surface area contributed by atoms with Crippen LogP contribution in [0.4, 0.5) is 23.0 Å². The van der Waals surface area contributed by atoms with E-state index in [2.05, 4.69) is 4.98 Å². The van der Waals surface area contributed by atoms with Crippen LogP contribution in [0.15, 0.2) is 54.6 Å². The molecule has 0 N–H and O–H groups in total. The smallest absolute Gasteiger partial charge is 0.496 e. The zero-order chi connectivity index (χ0) is 22.3. The third kappa shape index (κ3) is 6.20. The van der Waals surface area contributed by atoms with Crippen molar-refractivity contribution in [3.05, 3.63) is 76.3 Å². The summed E-state index contributed by atoms with van der Waals surface area (Å²) in [7, 11) is -3.08. The normalized spacial score (nSPS) is 10.6. The fraction of sp³-hybridized carbons (Fsp3) is 0.150. The lowest BCUT2D eigenvalue weighted by Gasteiger charge is -2.11. The molecule has 156 valence electrons. The van der Waals surface area contributed by atoms with Gasteiger partial charge in [-0.15, -0.1) is 0 Å². The highest BCUT2D eigenvalue weighted by atomic mass is 19.5. The predicted molar refractivity (Wildman–Crippen MR) is 106 cm³/mol. The van der Waals surface area contributed by atoms with Gasteiger partial charge in [0.15, 0.2) is 4.98 Å². The first-order valence-electron chi connectivity index (χ1n) is 8.65. The van der Waals surface area contributed by atoms with Gasteiger partial charge in [-0.05, 0) is 40.1 Å². The average Bonchev–Trinajstić information content (AvgIpc) is 2.72. The molecule has 0 atom stereocenters. The Balaban J connectivity index is 0.000000575. The molecule has 0 aliphatic rings. The number of ether oxygens (including phenoxy) is 2. The Bertz CT molecular complexity index is 1090. The molecular formula is C20H17BF4N2O3. The molecular weight excluding hydrogens is 403 g/mol. The van der Waals surface area contributed by atoms with Gasteiger partial charge in [-0.25, -0.2) is 4.79 Å². The van der Waals surface area contributed by atoms with E-state index in [1.54, 1.807) is 25.3 Å². The minimum atomic E-state index is -6.00. The van der Waals surface area contributed by atoms with Crippen LogP contribution in [0.25, 0.3) is 15.7 Å². The first-order valence-corrected chi connectivity index (χ1v) is 8.65. The maximum Gasteiger partial charge on any atom is 0.673 e. The number of hydrogen-bond donors (Lipinski definition) is 0. The van der Waals surface area contributed by atoms with Crippen molar-refractivity contribution in [1.29, 1.82) is 5.39 Å². The van der Waals surface area contributed by atoms with Crippen molar-refractivity contribution in [3.8, 4) is 5.75 Å². The highest BCUT2D eigenvalue weighted by Gasteiger charge is 2.20. The van der Waals surface area contributed by atoms with Gasteiger partial charge < -0.3 is 26.7 Å². The molecule has 0 bridgehead atoms. The Morgan fingerprint density at radius 2 is 1.70 bits per heavy atom. The van der Waals surface area contributed by atoms with Crippen LogP contribution in [0.3, 0.4) is 0 Å². The molecule has 0 aliphatic heterocycles. The molecule has 10 heteroatoms. The van der Waals surface area contributed by atoms with Gasteiger partial charge in [0.2, 0.25) is 5.39 Å². The van der Waals surface area contributed by atoms with Crippen molar-refractivity contribution in [2.45, 2.75) is 6.42 Å². The van der Waals surface area contributed by atoms with Gasteiger partial charge in [-0.1, -0.05) is 24.3 Å². The summed E-state index contributed by atoms with van der Waals surface area (Å²) in [5.74, 6) is 0.229. The number of benzene rings is 3. The van der Waals surface area contributed by atoms with E-state index in [1.807, 2.05) is 36.4 Å². The highest BCUT2D eigenvalue weighted by Crippen LogP contribution is 2.29. The molecule has 0 saturated heterocycles. The minimum Gasteiger partial charge on any atom is -0.496 e. The van der Waals surface area contributed by atoms with Gasteiger partial charge in [0.05, 0.1) is 19.8 Å². The quantitative estimate of drug-likeness (QED) is 0.225. The summed E-state index contributed by atoms with van der Waals surface area (Å²) in [6, 6.07) is 16.8. The third-order valence-electron chi connectivity index (χ3n) is 4.16. The molecule has 0 aliphatic carbocycles. The number of hydrogen-bond acceptors (Lipinski definition) is 4. The van der Waals surface area contributed by atoms with Gasteiger partial charge in [-0.3, -0.25) is 0 Å². The van der Waals surface area contributed by atoms with E-state index in [0.717, 1.165) is 21.9 Å². The number of methoxy groups -OCH3 is 2. The lowest BCUT2D eigenvalue weighted by molar-refractivity contribution is 0.0600. The third-order valence-corrected chi connectivity index (χ3v) is 4.16. The van der Waals surface area contributed by atoms with Gasteiger partial charge in [0.1, 0.15) is 5.75 Å². The van der Waals surface area contributed by atoms with Crippen LogP contribution in [0.2, 0.25) is 0 Å². The van der Waals surface area contributed by atoms with Crippen LogP contribution in [0, 0.1) is 5.39 Å². The molecule has 0 radical (unpaired) electrons. The molecule has 3 aromatic carbocycles. The predicted octanol–water partition coefficient (Wildman–Crippen LogP) is 6.01. The Morgan fingerprint density at radius 3 is 2.30 bits per heavy atom. The van der Waals surface area contributed by atoms with Crippen LogP contribution < -0.4 is 4.74 Å². The maximum absolute atomic E-state index is 11.7. The summed E-state index contributed by atoms with van der Waals surface area (Å²) in [4.78, 5) is 15.0. The zero-order valence-electron chi connectivity index (χ0n) is 16.1. The summed E-state index contributed by atoms with van der Waals surface area (Å²) in [5.41, 5.74) is 2.98. The van der Waals surface area contributed by atoms with Crippen molar-refractivity contribution in [1.82, 2.24) is 0 Å². The Morgan fingerprint density at radius 1 is 1.00 bits per heavy atom. The largest absolute Gasteiger partial charge is 0.673 e. The summed E-state index contributed by atoms with van der Waals surface area (Å²) < 4.78 is 49.2. The number of fused-ring (bicyclic) bond motifs is 1. The number of carbonyl (C=O) groups excluding carboxylic acids is 1. The van der Waals surface area contributed by atoms with Crippen molar-refractivity contribution < 1.29 is 31.5 Å². The van der Waals surface area contributed by atoms with Gasteiger partial charge in [0.25, 0.3) is 0 Å². The number of rotatable bonds is 4. The fourth-order valence-corrected chi connectivity index (χ4v) is 2.88. The lowest BCUT2D eigenvalue weighted by atomic mass is 9.97. The minimum absolute atomic E-state index is 0.399. The number of esters is 1. The first-order chi connectivity index (χ1) is 14.2. The van der Waals surface area contributed by atoms with Crippen LogP contribution in [0.1, 0.15) is 21.5 Å². The molecule has 0 amide bonds. The van der Waals surface area contributed by atoms with E-state index in [1.165, 1.54) is 7.11 Å². The van der Waals surface area contributed by atoms with Crippen LogP contribution >= 0.6 is 0 Å². The van der Waals surface area contributed by atoms with Crippen molar-refractivity contribution >= 4 is 29.7 Å². The molecule has 0 saturated carbocycles. The molecule has 0 aromatic heterocycles. The Labute approximate surface area is 170 Å². The second-order valence-electron chi connectivity index (χ2n) is 6.11. The monoisotopic (exact) mass is 420 g/mol. The van der Waals surface area contributed by atoms with Crippen molar-refractivity contribution in [3.63, 3.8) is 0 Å². The summed E-state index contributed by atoms with van der Waals surface area (Å²) in [6.45, 7) is 0. The standard InChI is InChI=1S/C20H17N2O3.BF4/c1-24-19-11-16(20(23)25-2)7-6-15(19)10-14-5-3-4-13-8-9-17(22-21)12-18(13)14;2-1(3,4)5/h3-9,11-12H,10H2,1-2H3;/q+1;-1. The van der Waals surface area contributed by atoms with Crippen LogP contribution in [0.5, 0.6) is 5.75 Å². The van der Waals surface area contributed by atoms with E-state index in [4.69, 9.17) is 14.9 Å². The van der Waals surface area contributed by atoms with Crippen molar-refractivity contribution in [2.75, 3.05) is 14.2 Å². The van der Waals surface area contributed by atoms with Crippen molar-refractivity contribution in [2.24, 2.45) is 0 Å². The van der Waals surface area contributed by atoms with E-state index in [0.29, 0.717) is 23.4 Å². The highest BCUT2D eigenvalue weighted by molar-refractivity contribution is 6.50. The molecule has 3 aromatic rings. The molecule has 0 fully saturated rings. The lowest BCUT2D eigenvalue weighted by Crippen LogP contribution is -2.03.